The minimum atomic E-state index is -0.257. The van der Waals surface area contributed by atoms with Crippen molar-refractivity contribution in [2.45, 2.75) is 13.0 Å². The lowest BCUT2D eigenvalue weighted by atomic mass is 10.0. The summed E-state index contributed by atoms with van der Waals surface area (Å²) >= 11 is 0. The normalized spacial score (nSPS) is 16.2. The number of aromatic nitrogens is 1. The highest BCUT2D eigenvalue weighted by Crippen LogP contribution is 2.27. The van der Waals surface area contributed by atoms with E-state index in [0.29, 0.717) is 39.3 Å². The number of carbonyl (C=O) groups is 2. The lowest BCUT2D eigenvalue weighted by Crippen LogP contribution is -2.52. The van der Waals surface area contributed by atoms with Gasteiger partial charge in [0.05, 0.1) is 13.1 Å². The lowest BCUT2D eigenvalue weighted by molar-refractivity contribution is -0.130. The maximum Gasteiger partial charge on any atom is 0.318 e. The standard InChI is InChI=1S/C24H26FN5O2/c25-17-5-7-18(8-6-17)28-11-13-29(14-12-28)23(31)15-26-24(32)30-10-9-20-19-3-1-2-4-21(19)27-22(20)16-30/h1-8,27H,9-16H2,(H,26,32). The van der Waals surface area contributed by atoms with E-state index in [1.807, 2.05) is 18.2 Å². The van der Waals surface area contributed by atoms with Gasteiger partial charge in [-0.05, 0) is 42.3 Å². The molecule has 0 spiro atoms. The average molecular weight is 436 g/mol. The molecule has 8 heteroatoms. The largest absolute Gasteiger partial charge is 0.368 e. The number of benzene rings is 2. The molecule has 5 rings (SSSR count). The van der Waals surface area contributed by atoms with Crippen LogP contribution in [0.15, 0.2) is 48.5 Å². The Bertz CT molecular complexity index is 1140. The van der Waals surface area contributed by atoms with E-state index < -0.39 is 0 Å². The van der Waals surface area contributed by atoms with Crippen LogP contribution in [0.4, 0.5) is 14.9 Å². The van der Waals surface area contributed by atoms with E-state index >= 15 is 0 Å². The van der Waals surface area contributed by atoms with E-state index in [1.54, 1.807) is 21.9 Å². The number of aromatic amines is 1. The maximum atomic E-state index is 13.1. The van der Waals surface area contributed by atoms with Gasteiger partial charge in [0.2, 0.25) is 5.91 Å². The first kappa shape index (κ1) is 20.4. The molecule has 3 amide bonds. The van der Waals surface area contributed by atoms with E-state index in [-0.39, 0.29) is 24.3 Å². The Balaban J connectivity index is 1.11. The van der Waals surface area contributed by atoms with Gasteiger partial charge in [-0.1, -0.05) is 18.2 Å². The Morgan fingerprint density at radius 3 is 2.47 bits per heavy atom. The summed E-state index contributed by atoms with van der Waals surface area (Å²) in [5.41, 5.74) is 4.39. The number of hydrogen-bond donors (Lipinski definition) is 2. The topological polar surface area (TPSA) is 71.7 Å². The zero-order chi connectivity index (χ0) is 22.1. The fourth-order valence-electron chi connectivity index (χ4n) is 4.61. The molecule has 2 N–H and O–H groups in total. The predicted octanol–water partition coefficient (Wildman–Crippen LogP) is 2.72. The Morgan fingerprint density at radius 1 is 0.938 bits per heavy atom. The van der Waals surface area contributed by atoms with Crippen molar-refractivity contribution < 1.29 is 14.0 Å². The quantitative estimate of drug-likeness (QED) is 0.665. The maximum absolute atomic E-state index is 13.1. The number of piperazine rings is 1. The first-order valence-electron chi connectivity index (χ1n) is 11.0. The summed E-state index contributed by atoms with van der Waals surface area (Å²) in [7, 11) is 0. The highest BCUT2D eigenvalue weighted by molar-refractivity contribution is 5.86. The summed E-state index contributed by atoms with van der Waals surface area (Å²) in [6, 6.07) is 14.4. The summed E-state index contributed by atoms with van der Waals surface area (Å²) in [6.07, 6.45) is 0.798. The Hall–Kier alpha value is -3.55. The van der Waals surface area contributed by atoms with Crippen molar-refractivity contribution in [2.24, 2.45) is 0 Å². The third-order valence-electron chi connectivity index (χ3n) is 6.38. The van der Waals surface area contributed by atoms with Gasteiger partial charge >= 0.3 is 6.03 Å². The molecule has 0 atom stereocenters. The Morgan fingerprint density at radius 2 is 1.69 bits per heavy atom. The number of nitrogens with zero attached hydrogens (tertiary/aromatic N) is 3. The van der Waals surface area contributed by atoms with Crippen molar-refractivity contribution in [3.63, 3.8) is 0 Å². The molecule has 32 heavy (non-hydrogen) atoms. The molecule has 0 aliphatic carbocycles. The minimum absolute atomic E-state index is 0.00849. The smallest absolute Gasteiger partial charge is 0.318 e. The molecular weight excluding hydrogens is 409 g/mol. The molecule has 3 aromatic rings. The second-order valence-corrected chi connectivity index (χ2v) is 8.30. The van der Waals surface area contributed by atoms with Gasteiger partial charge in [0, 0.05) is 55.0 Å². The molecule has 0 bridgehead atoms. The monoisotopic (exact) mass is 435 g/mol. The summed E-state index contributed by atoms with van der Waals surface area (Å²) < 4.78 is 13.1. The van der Waals surface area contributed by atoms with Crippen LogP contribution in [-0.2, 0) is 17.8 Å². The highest BCUT2D eigenvalue weighted by Gasteiger charge is 2.25. The minimum Gasteiger partial charge on any atom is -0.368 e. The van der Waals surface area contributed by atoms with Crippen LogP contribution in [0.3, 0.4) is 0 Å². The Kier molecular flexibility index (Phi) is 5.43. The summed E-state index contributed by atoms with van der Waals surface area (Å²) in [5.74, 6) is -0.340. The van der Waals surface area contributed by atoms with Gasteiger partial charge in [-0.25, -0.2) is 9.18 Å². The molecule has 1 saturated heterocycles. The molecule has 0 radical (unpaired) electrons. The van der Waals surface area contributed by atoms with E-state index in [2.05, 4.69) is 21.3 Å². The fraction of sp³-hybridized carbons (Fsp3) is 0.333. The number of anilines is 1. The van der Waals surface area contributed by atoms with Crippen LogP contribution in [0.1, 0.15) is 11.3 Å². The van der Waals surface area contributed by atoms with Crippen molar-refractivity contribution in [3.8, 4) is 0 Å². The second kappa shape index (κ2) is 8.53. The van der Waals surface area contributed by atoms with Gasteiger partial charge in [-0.2, -0.15) is 0 Å². The predicted molar refractivity (Wildman–Crippen MR) is 121 cm³/mol. The molecule has 166 valence electrons. The number of nitrogens with one attached hydrogen (secondary N) is 2. The number of fused-ring (bicyclic) bond motifs is 3. The third kappa shape index (κ3) is 4.00. The van der Waals surface area contributed by atoms with Crippen LogP contribution in [0.5, 0.6) is 0 Å². The van der Waals surface area contributed by atoms with Crippen LogP contribution >= 0.6 is 0 Å². The zero-order valence-electron chi connectivity index (χ0n) is 17.8. The number of para-hydroxylation sites is 1. The van der Waals surface area contributed by atoms with E-state index in [9.17, 15) is 14.0 Å². The SMILES string of the molecule is O=C(CNC(=O)N1CCc2c([nH]c3ccccc23)C1)N1CCN(c2ccc(F)cc2)CC1. The molecule has 2 aliphatic rings. The van der Waals surface area contributed by atoms with E-state index in [1.165, 1.54) is 23.1 Å². The number of amides is 3. The third-order valence-corrected chi connectivity index (χ3v) is 6.38. The van der Waals surface area contributed by atoms with Gasteiger partial charge in [-0.15, -0.1) is 0 Å². The van der Waals surface area contributed by atoms with Crippen molar-refractivity contribution in [2.75, 3.05) is 44.2 Å². The number of urea groups is 1. The summed E-state index contributed by atoms with van der Waals surface area (Å²) in [6.45, 7) is 3.65. The van der Waals surface area contributed by atoms with Crippen LogP contribution in [0, 0.1) is 5.82 Å². The number of hydrogen-bond acceptors (Lipinski definition) is 3. The number of carbonyl (C=O) groups excluding carboxylic acids is 2. The average Bonchev–Trinajstić information content (AvgIpc) is 3.21. The van der Waals surface area contributed by atoms with E-state index in [4.69, 9.17) is 0 Å². The van der Waals surface area contributed by atoms with E-state index in [0.717, 1.165) is 23.3 Å². The highest BCUT2D eigenvalue weighted by atomic mass is 19.1. The molecule has 1 fully saturated rings. The van der Waals surface area contributed by atoms with Crippen molar-refractivity contribution in [1.29, 1.82) is 0 Å². The molecule has 0 unspecified atom stereocenters. The first-order valence-corrected chi connectivity index (χ1v) is 11.0. The number of H-pyrrole nitrogens is 1. The molecule has 2 aliphatic heterocycles. The van der Waals surface area contributed by atoms with Gasteiger partial charge < -0.3 is 25.0 Å². The van der Waals surface area contributed by atoms with Gasteiger partial charge in [0.15, 0.2) is 0 Å². The molecule has 1 aromatic heterocycles. The molecule has 3 heterocycles. The van der Waals surface area contributed by atoms with Gasteiger partial charge in [-0.3, -0.25) is 4.79 Å². The molecular formula is C24H26FN5O2. The van der Waals surface area contributed by atoms with Gasteiger partial charge in [0.1, 0.15) is 5.82 Å². The zero-order valence-corrected chi connectivity index (χ0v) is 17.8. The van der Waals surface area contributed by atoms with Crippen LogP contribution < -0.4 is 10.2 Å². The van der Waals surface area contributed by atoms with Crippen LogP contribution in [-0.4, -0.2) is 66.0 Å². The summed E-state index contributed by atoms with van der Waals surface area (Å²) in [5, 5.41) is 4.01. The van der Waals surface area contributed by atoms with Crippen molar-refractivity contribution in [3.05, 3.63) is 65.6 Å². The molecule has 0 saturated carbocycles. The van der Waals surface area contributed by atoms with Crippen molar-refractivity contribution >= 4 is 28.5 Å². The van der Waals surface area contributed by atoms with Crippen molar-refractivity contribution in [1.82, 2.24) is 20.1 Å². The second-order valence-electron chi connectivity index (χ2n) is 8.30. The Labute approximate surface area is 185 Å². The lowest BCUT2D eigenvalue weighted by Gasteiger charge is -2.36. The van der Waals surface area contributed by atoms with Crippen LogP contribution in [0.2, 0.25) is 0 Å². The summed E-state index contributed by atoms with van der Waals surface area (Å²) in [4.78, 5) is 34.3. The molecule has 2 aromatic carbocycles. The number of rotatable bonds is 3. The fourth-order valence-corrected chi connectivity index (χ4v) is 4.61. The van der Waals surface area contributed by atoms with Crippen LogP contribution in [0.25, 0.3) is 10.9 Å². The first-order chi connectivity index (χ1) is 15.6. The van der Waals surface area contributed by atoms with Gasteiger partial charge in [0.25, 0.3) is 0 Å². The number of halogens is 1. The molecule has 7 nitrogen and oxygen atoms in total.